The van der Waals surface area contributed by atoms with Crippen LogP contribution in [0.1, 0.15) is 38.5 Å². The standard InChI is InChI=1S/C17H26N2/c1-2-8-17(9-3-1)19-12-10-16(11-13-19)18-14-15-6-4-5-7-15/h1-3,8-9,15-16,18H,4-7,10-14H2. The summed E-state index contributed by atoms with van der Waals surface area (Å²) in [6, 6.07) is 11.6. The molecule has 2 nitrogen and oxygen atoms in total. The van der Waals surface area contributed by atoms with Crippen LogP contribution < -0.4 is 10.2 Å². The molecule has 0 aromatic heterocycles. The van der Waals surface area contributed by atoms with Gasteiger partial charge in [0, 0.05) is 24.8 Å². The van der Waals surface area contributed by atoms with E-state index < -0.39 is 0 Å². The highest BCUT2D eigenvalue weighted by Crippen LogP contribution is 2.25. The SMILES string of the molecule is c1ccc(N2CCC(NCC3CCCC3)CC2)cc1. The Morgan fingerprint density at radius 3 is 2.32 bits per heavy atom. The second kappa shape index (κ2) is 6.42. The summed E-state index contributed by atoms with van der Waals surface area (Å²) in [5.74, 6) is 0.965. The van der Waals surface area contributed by atoms with E-state index >= 15 is 0 Å². The predicted molar refractivity (Wildman–Crippen MR) is 81.6 cm³/mol. The first-order valence-electron chi connectivity index (χ1n) is 7.95. The molecule has 0 amide bonds. The van der Waals surface area contributed by atoms with Crippen molar-refractivity contribution in [1.29, 1.82) is 0 Å². The number of para-hydroxylation sites is 1. The average Bonchev–Trinajstić information content (AvgIpc) is 3.00. The zero-order valence-corrected chi connectivity index (χ0v) is 11.9. The molecule has 1 saturated carbocycles. The summed E-state index contributed by atoms with van der Waals surface area (Å²) in [5, 5.41) is 3.81. The first-order chi connectivity index (χ1) is 9.42. The summed E-state index contributed by atoms with van der Waals surface area (Å²) in [7, 11) is 0. The van der Waals surface area contributed by atoms with Gasteiger partial charge in [0.05, 0.1) is 0 Å². The van der Waals surface area contributed by atoms with Crippen molar-refractivity contribution in [3.63, 3.8) is 0 Å². The number of nitrogens with one attached hydrogen (secondary N) is 1. The van der Waals surface area contributed by atoms with Gasteiger partial charge < -0.3 is 10.2 Å². The molecular weight excluding hydrogens is 232 g/mol. The van der Waals surface area contributed by atoms with E-state index in [9.17, 15) is 0 Å². The molecule has 0 unspecified atom stereocenters. The van der Waals surface area contributed by atoms with Crippen LogP contribution >= 0.6 is 0 Å². The van der Waals surface area contributed by atoms with Crippen molar-refractivity contribution in [2.45, 2.75) is 44.6 Å². The van der Waals surface area contributed by atoms with Gasteiger partial charge in [-0.25, -0.2) is 0 Å². The van der Waals surface area contributed by atoms with E-state index in [2.05, 4.69) is 40.5 Å². The minimum atomic E-state index is 0.751. The number of hydrogen-bond donors (Lipinski definition) is 1. The summed E-state index contributed by atoms with van der Waals surface area (Å²) < 4.78 is 0. The van der Waals surface area contributed by atoms with Crippen LogP contribution in [0.15, 0.2) is 30.3 Å². The first-order valence-corrected chi connectivity index (χ1v) is 7.95. The number of rotatable bonds is 4. The minimum Gasteiger partial charge on any atom is -0.371 e. The zero-order chi connectivity index (χ0) is 12.9. The van der Waals surface area contributed by atoms with Crippen LogP contribution in [0.4, 0.5) is 5.69 Å². The molecule has 1 aliphatic carbocycles. The van der Waals surface area contributed by atoms with E-state index in [0.29, 0.717) is 0 Å². The molecule has 1 aromatic carbocycles. The van der Waals surface area contributed by atoms with Gasteiger partial charge in [-0.1, -0.05) is 31.0 Å². The fourth-order valence-electron chi connectivity index (χ4n) is 3.53. The first kappa shape index (κ1) is 13.0. The maximum absolute atomic E-state index is 3.81. The highest BCUT2D eigenvalue weighted by atomic mass is 15.1. The van der Waals surface area contributed by atoms with E-state index in [-0.39, 0.29) is 0 Å². The summed E-state index contributed by atoms with van der Waals surface area (Å²) in [6.45, 7) is 3.66. The summed E-state index contributed by atoms with van der Waals surface area (Å²) in [5.41, 5.74) is 1.39. The minimum absolute atomic E-state index is 0.751. The van der Waals surface area contributed by atoms with Crippen molar-refractivity contribution in [2.75, 3.05) is 24.5 Å². The highest BCUT2D eigenvalue weighted by Gasteiger charge is 2.21. The lowest BCUT2D eigenvalue weighted by atomic mass is 10.0. The molecule has 1 N–H and O–H groups in total. The second-order valence-corrected chi connectivity index (χ2v) is 6.16. The van der Waals surface area contributed by atoms with Gasteiger partial charge in [0.25, 0.3) is 0 Å². The number of benzene rings is 1. The van der Waals surface area contributed by atoms with Crippen LogP contribution in [-0.2, 0) is 0 Å². The molecule has 19 heavy (non-hydrogen) atoms. The topological polar surface area (TPSA) is 15.3 Å². The van der Waals surface area contributed by atoms with E-state index in [1.165, 1.54) is 63.8 Å². The maximum atomic E-state index is 3.81. The zero-order valence-electron chi connectivity index (χ0n) is 11.9. The fraction of sp³-hybridized carbons (Fsp3) is 0.647. The summed E-state index contributed by atoms with van der Waals surface area (Å²) in [6.07, 6.45) is 8.41. The molecular formula is C17H26N2. The predicted octanol–water partition coefficient (Wildman–Crippen LogP) is 3.44. The van der Waals surface area contributed by atoms with Crippen molar-refractivity contribution in [3.05, 3.63) is 30.3 Å². The molecule has 2 aliphatic rings. The molecule has 2 heteroatoms. The lowest BCUT2D eigenvalue weighted by Gasteiger charge is -2.34. The highest BCUT2D eigenvalue weighted by molar-refractivity contribution is 5.46. The van der Waals surface area contributed by atoms with Crippen molar-refractivity contribution in [1.82, 2.24) is 5.32 Å². The van der Waals surface area contributed by atoms with E-state index in [1.54, 1.807) is 0 Å². The van der Waals surface area contributed by atoms with Gasteiger partial charge in [-0.3, -0.25) is 0 Å². The van der Waals surface area contributed by atoms with Crippen molar-refractivity contribution >= 4 is 5.69 Å². The third-order valence-corrected chi connectivity index (χ3v) is 4.79. The van der Waals surface area contributed by atoms with Crippen molar-refractivity contribution in [2.24, 2.45) is 5.92 Å². The summed E-state index contributed by atoms with van der Waals surface area (Å²) >= 11 is 0. The largest absolute Gasteiger partial charge is 0.371 e. The van der Waals surface area contributed by atoms with Gasteiger partial charge >= 0.3 is 0 Å². The molecule has 104 valence electrons. The van der Waals surface area contributed by atoms with Crippen LogP contribution in [0.2, 0.25) is 0 Å². The second-order valence-electron chi connectivity index (χ2n) is 6.16. The number of nitrogens with zero attached hydrogens (tertiary/aromatic N) is 1. The molecule has 0 bridgehead atoms. The van der Waals surface area contributed by atoms with Gasteiger partial charge in [-0.15, -0.1) is 0 Å². The Hall–Kier alpha value is -1.02. The fourth-order valence-corrected chi connectivity index (χ4v) is 3.53. The van der Waals surface area contributed by atoms with Crippen molar-refractivity contribution in [3.8, 4) is 0 Å². The molecule has 1 heterocycles. The normalized spacial score (nSPS) is 22.0. The Morgan fingerprint density at radius 1 is 0.947 bits per heavy atom. The average molecular weight is 258 g/mol. The van der Waals surface area contributed by atoms with E-state index in [0.717, 1.165) is 12.0 Å². The lowest BCUT2D eigenvalue weighted by molar-refractivity contribution is 0.377. The lowest BCUT2D eigenvalue weighted by Crippen LogP contribution is -2.43. The Morgan fingerprint density at radius 2 is 1.63 bits per heavy atom. The Balaban J connectivity index is 1.42. The van der Waals surface area contributed by atoms with Crippen molar-refractivity contribution < 1.29 is 0 Å². The third-order valence-electron chi connectivity index (χ3n) is 4.79. The van der Waals surface area contributed by atoms with E-state index in [4.69, 9.17) is 0 Å². The quantitative estimate of drug-likeness (QED) is 0.890. The molecule has 0 atom stereocenters. The molecule has 0 radical (unpaired) electrons. The van der Waals surface area contributed by atoms with Gasteiger partial charge in [0.2, 0.25) is 0 Å². The van der Waals surface area contributed by atoms with Crippen LogP contribution in [0, 0.1) is 5.92 Å². The molecule has 0 spiro atoms. The Bertz CT molecular complexity index is 362. The third kappa shape index (κ3) is 3.50. The van der Waals surface area contributed by atoms with Gasteiger partial charge in [-0.05, 0) is 50.3 Å². The van der Waals surface area contributed by atoms with Crippen LogP contribution in [0.3, 0.4) is 0 Å². The molecule has 2 fully saturated rings. The molecule has 1 aromatic rings. The molecule has 3 rings (SSSR count). The Kier molecular flexibility index (Phi) is 4.39. The number of piperidine rings is 1. The molecule has 1 aliphatic heterocycles. The summed E-state index contributed by atoms with van der Waals surface area (Å²) in [4.78, 5) is 2.52. The van der Waals surface area contributed by atoms with E-state index in [1.807, 2.05) is 0 Å². The van der Waals surface area contributed by atoms with Gasteiger partial charge in [-0.2, -0.15) is 0 Å². The van der Waals surface area contributed by atoms with Gasteiger partial charge in [0.15, 0.2) is 0 Å². The Labute approximate surface area is 117 Å². The number of anilines is 1. The smallest absolute Gasteiger partial charge is 0.0366 e. The van der Waals surface area contributed by atoms with Crippen LogP contribution in [-0.4, -0.2) is 25.7 Å². The van der Waals surface area contributed by atoms with Gasteiger partial charge in [0.1, 0.15) is 0 Å². The van der Waals surface area contributed by atoms with Crippen LogP contribution in [0.25, 0.3) is 0 Å². The van der Waals surface area contributed by atoms with Crippen LogP contribution in [0.5, 0.6) is 0 Å². The number of hydrogen-bond acceptors (Lipinski definition) is 2. The maximum Gasteiger partial charge on any atom is 0.0366 e. The molecule has 1 saturated heterocycles. The monoisotopic (exact) mass is 258 g/mol.